The molecule has 4 fully saturated rings. The normalized spacial score (nSPS) is 31.1. The Balaban J connectivity index is 1.53. The molecule has 2 bridgehead atoms. The lowest BCUT2D eigenvalue weighted by atomic mass is 10.1. The number of likely N-dealkylation sites (N-methyl/N-ethyl adjacent to an activating group) is 2. The van der Waals surface area contributed by atoms with E-state index in [2.05, 4.69) is 37.2 Å². The fourth-order valence-corrected chi connectivity index (χ4v) is 4.35. The van der Waals surface area contributed by atoms with Crippen LogP contribution >= 0.6 is 0 Å². The molecule has 0 spiro atoms. The van der Waals surface area contributed by atoms with Gasteiger partial charge in [0.05, 0.1) is 0 Å². The number of piperazine rings is 3. The lowest BCUT2D eigenvalue weighted by Crippen LogP contribution is -2.64. The average Bonchev–Trinajstić information content (AvgIpc) is 3.15. The predicted molar refractivity (Wildman–Crippen MR) is 109 cm³/mol. The number of hydrogen-bond acceptors (Lipinski definition) is 5. The molecule has 2 N–H and O–H groups in total. The molecule has 0 saturated carbocycles. The molecule has 4 heterocycles. The molecule has 4 aliphatic heterocycles. The molecule has 0 aromatic rings. The van der Waals surface area contributed by atoms with Crippen LogP contribution in [0.1, 0.15) is 19.8 Å². The molecule has 4 aliphatic rings. The Hall–Kier alpha value is -1.38. The molecule has 8 nitrogen and oxygen atoms in total. The second-order valence-electron chi connectivity index (χ2n) is 8.13. The summed E-state index contributed by atoms with van der Waals surface area (Å²) >= 11 is 0. The van der Waals surface area contributed by atoms with E-state index in [1.807, 2.05) is 0 Å². The summed E-state index contributed by atoms with van der Waals surface area (Å²) in [6.45, 7) is 12.3. The maximum absolute atomic E-state index is 12.0. The van der Waals surface area contributed by atoms with E-state index in [1.54, 1.807) is 19.0 Å². The van der Waals surface area contributed by atoms with Gasteiger partial charge in [-0.2, -0.15) is 0 Å². The van der Waals surface area contributed by atoms with Crippen LogP contribution in [0, 0.1) is 0 Å². The van der Waals surface area contributed by atoms with Crippen molar-refractivity contribution in [3.8, 4) is 0 Å². The van der Waals surface area contributed by atoms with Crippen molar-refractivity contribution in [3.05, 3.63) is 0 Å². The van der Waals surface area contributed by atoms with Crippen LogP contribution in [-0.4, -0.2) is 123 Å². The zero-order valence-corrected chi connectivity index (χ0v) is 17.3. The molecule has 4 rings (SSSR count). The highest BCUT2D eigenvalue weighted by Crippen LogP contribution is 2.16. The van der Waals surface area contributed by atoms with Crippen molar-refractivity contribution in [2.24, 2.45) is 4.99 Å². The number of aliphatic imine (C=N–C) groups is 1. The monoisotopic (exact) mass is 379 g/mol. The van der Waals surface area contributed by atoms with Gasteiger partial charge in [-0.3, -0.25) is 19.5 Å². The van der Waals surface area contributed by atoms with E-state index >= 15 is 0 Å². The highest BCUT2D eigenvalue weighted by atomic mass is 16.2. The topological polar surface area (TPSA) is 66.5 Å². The van der Waals surface area contributed by atoms with Crippen molar-refractivity contribution in [2.75, 3.05) is 79.5 Å². The standard InChI is InChI=1S/C19H37N7O/c1-4-25-7-5-6-16(25)12-20-19(22-14-18(27)23(2)3)21-13-17-15-24-8-10-26(17)11-9-24/h16-17H,4-15H2,1-3H3,(H2,20,21,22). The van der Waals surface area contributed by atoms with Crippen molar-refractivity contribution in [1.82, 2.24) is 30.2 Å². The molecular formula is C19H37N7O. The first-order valence-corrected chi connectivity index (χ1v) is 10.5. The van der Waals surface area contributed by atoms with Crippen LogP contribution in [0.5, 0.6) is 0 Å². The molecule has 1 amide bonds. The van der Waals surface area contributed by atoms with E-state index in [0.29, 0.717) is 12.1 Å². The summed E-state index contributed by atoms with van der Waals surface area (Å²) in [6.07, 6.45) is 2.50. The summed E-state index contributed by atoms with van der Waals surface area (Å²) in [6, 6.07) is 1.09. The number of nitrogens with zero attached hydrogens (tertiary/aromatic N) is 5. The van der Waals surface area contributed by atoms with Crippen molar-refractivity contribution in [3.63, 3.8) is 0 Å². The van der Waals surface area contributed by atoms with Gasteiger partial charge in [-0.15, -0.1) is 0 Å². The van der Waals surface area contributed by atoms with Crippen molar-refractivity contribution < 1.29 is 4.79 Å². The van der Waals surface area contributed by atoms with Crippen LogP contribution in [-0.2, 0) is 4.79 Å². The smallest absolute Gasteiger partial charge is 0.243 e. The quantitative estimate of drug-likeness (QED) is 0.441. The van der Waals surface area contributed by atoms with Gasteiger partial charge in [0, 0.05) is 72.0 Å². The first-order valence-electron chi connectivity index (χ1n) is 10.5. The number of rotatable bonds is 7. The van der Waals surface area contributed by atoms with Crippen LogP contribution in [0.15, 0.2) is 4.99 Å². The molecule has 4 saturated heterocycles. The molecule has 0 aliphatic carbocycles. The van der Waals surface area contributed by atoms with Crippen LogP contribution in [0.25, 0.3) is 0 Å². The summed E-state index contributed by atoms with van der Waals surface area (Å²) in [4.78, 5) is 25.7. The Kier molecular flexibility index (Phi) is 7.32. The van der Waals surface area contributed by atoms with E-state index in [4.69, 9.17) is 0 Å². The molecular weight excluding hydrogens is 342 g/mol. The maximum Gasteiger partial charge on any atom is 0.243 e. The summed E-state index contributed by atoms with van der Waals surface area (Å²) in [7, 11) is 3.55. The Morgan fingerprint density at radius 1 is 1.07 bits per heavy atom. The van der Waals surface area contributed by atoms with Gasteiger partial charge in [0.2, 0.25) is 5.91 Å². The zero-order chi connectivity index (χ0) is 19.2. The molecule has 0 radical (unpaired) electrons. The number of fused-ring (bicyclic) bond motifs is 3. The summed E-state index contributed by atoms with van der Waals surface area (Å²) in [5.74, 6) is 0.796. The van der Waals surface area contributed by atoms with Crippen molar-refractivity contribution in [1.29, 1.82) is 0 Å². The molecule has 0 aromatic heterocycles. The average molecular weight is 380 g/mol. The van der Waals surface area contributed by atoms with E-state index in [9.17, 15) is 4.79 Å². The van der Waals surface area contributed by atoms with Gasteiger partial charge in [0.25, 0.3) is 0 Å². The molecule has 0 aromatic carbocycles. The minimum atomic E-state index is 0.0266. The number of amides is 1. The Morgan fingerprint density at radius 2 is 1.78 bits per heavy atom. The van der Waals surface area contributed by atoms with Gasteiger partial charge in [0.15, 0.2) is 5.96 Å². The first kappa shape index (κ1) is 20.4. The molecule has 154 valence electrons. The van der Waals surface area contributed by atoms with Crippen LogP contribution in [0.3, 0.4) is 0 Å². The predicted octanol–water partition coefficient (Wildman–Crippen LogP) is -0.906. The molecule has 2 atom stereocenters. The van der Waals surface area contributed by atoms with Gasteiger partial charge in [-0.1, -0.05) is 6.92 Å². The van der Waals surface area contributed by atoms with Gasteiger partial charge in [0.1, 0.15) is 6.54 Å². The first-order chi connectivity index (χ1) is 13.1. The molecule has 8 heteroatoms. The van der Waals surface area contributed by atoms with Crippen molar-refractivity contribution in [2.45, 2.75) is 31.8 Å². The fourth-order valence-electron chi connectivity index (χ4n) is 4.35. The van der Waals surface area contributed by atoms with Crippen LogP contribution < -0.4 is 10.6 Å². The summed E-state index contributed by atoms with van der Waals surface area (Å²) < 4.78 is 0. The van der Waals surface area contributed by atoms with Gasteiger partial charge in [-0.25, -0.2) is 4.99 Å². The maximum atomic E-state index is 12.0. The number of likely N-dealkylation sites (tertiary alicyclic amines) is 1. The van der Waals surface area contributed by atoms with Gasteiger partial charge in [-0.05, 0) is 25.9 Å². The Bertz CT molecular complexity index is 516. The van der Waals surface area contributed by atoms with Crippen molar-refractivity contribution >= 4 is 11.9 Å². The lowest BCUT2D eigenvalue weighted by Gasteiger charge is -2.47. The third-order valence-electron chi connectivity index (χ3n) is 6.18. The Labute approximate surface area is 163 Å². The number of guanidine groups is 1. The third-order valence-corrected chi connectivity index (χ3v) is 6.18. The molecule has 27 heavy (non-hydrogen) atoms. The third kappa shape index (κ3) is 5.56. The minimum absolute atomic E-state index is 0.0266. The van der Waals surface area contributed by atoms with Crippen LogP contribution in [0.2, 0.25) is 0 Å². The summed E-state index contributed by atoms with van der Waals surface area (Å²) in [5.41, 5.74) is 0. The van der Waals surface area contributed by atoms with Crippen LogP contribution in [0.4, 0.5) is 0 Å². The highest BCUT2D eigenvalue weighted by Gasteiger charge is 2.31. The lowest BCUT2D eigenvalue weighted by molar-refractivity contribution is -0.127. The second kappa shape index (κ2) is 9.71. The van der Waals surface area contributed by atoms with E-state index in [0.717, 1.165) is 32.1 Å². The van der Waals surface area contributed by atoms with Gasteiger partial charge >= 0.3 is 0 Å². The second-order valence-corrected chi connectivity index (χ2v) is 8.13. The highest BCUT2D eigenvalue weighted by molar-refractivity contribution is 5.84. The van der Waals surface area contributed by atoms with Gasteiger partial charge < -0.3 is 15.5 Å². The van der Waals surface area contributed by atoms with E-state index < -0.39 is 0 Å². The minimum Gasteiger partial charge on any atom is -0.355 e. The van der Waals surface area contributed by atoms with E-state index in [1.165, 1.54) is 45.6 Å². The molecule has 2 unspecified atom stereocenters. The SMILES string of the molecule is CCN1CCCC1CNC(=NCC(=O)N(C)C)NCC1CN2CCN1CC2. The zero-order valence-electron chi connectivity index (χ0n) is 17.3. The number of carbonyl (C=O) groups is 1. The number of nitrogens with one attached hydrogen (secondary N) is 2. The number of carbonyl (C=O) groups excluding carboxylic acids is 1. The summed E-state index contributed by atoms with van der Waals surface area (Å²) in [5, 5.41) is 7.00. The van der Waals surface area contributed by atoms with E-state index in [-0.39, 0.29) is 12.5 Å². The number of hydrogen-bond donors (Lipinski definition) is 2. The Morgan fingerprint density at radius 3 is 2.37 bits per heavy atom. The largest absolute Gasteiger partial charge is 0.355 e. The fraction of sp³-hybridized carbons (Fsp3) is 0.895.